The minimum absolute atomic E-state index is 0.489. The third-order valence-electron chi connectivity index (χ3n) is 3.17. The predicted molar refractivity (Wildman–Crippen MR) is 81.6 cm³/mol. The van der Waals surface area contributed by atoms with Gasteiger partial charge in [-0.25, -0.2) is 0 Å². The van der Waals surface area contributed by atoms with Crippen molar-refractivity contribution in [1.82, 2.24) is 15.1 Å². The highest BCUT2D eigenvalue weighted by Gasteiger charge is 2.07. The summed E-state index contributed by atoms with van der Waals surface area (Å²) in [5.74, 6) is 0. The Morgan fingerprint density at radius 2 is 2.21 bits per heavy atom. The topological polar surface area (TPSA) is 29.9 Å². The predicted octanol–water partition coefficient (Wildman–Crippen LogP) is 3.38. The van der Waals surface area contributed by atoms with Gasteiger partial charge in [-0.2, -0.15) is 5.10 Å². The zero-order chi connectivity index (χ0) is 13.7. The fourth-order valence-electron chi connectivity index (χ4n) is 2.17. The lowest BCUT2D eigenvalue weighted by Gasteiger charge is -2.13. The van der Waals surface area contributed by atoms with Crippen LogP contribution < -0.4 is 5.32 Å². The van der Waals surface area contributed by atoms with Gasteiger partial charge in [0.15, 0.2) is 0 Å². The molecule has 19 heavy (non-hydrogen) atoms. The maximum Gasteiger partial charge on any atom is 0.0522 e. The highest BCUT2D eigenvalue weighted by atomic mass is 32.1. The summed E-state index contributed by atoms with van der Waals surface area (Å²) in [7, 11) is 0. The molecule has 1 unspecified atom stereocenters. The molecule has 2 heterocycles. The molecular weight excluding hydrogens is 254 g/mol. The minimum atomic E-state index is 0.489. The molecule has 104 valence electrons. The molecule has 4 heteroatoms. The van der Waals surface area contributed by atoms with E-state index in [4.69, 9.17) is 0 Å². The maximum absolute atomic E-state index is 4.35. The second kappa shape index (κ2) is 6.87. The van der Waals surface area contributed by atoms with Crippen molar-refractivity contribution in [3.63, 3.8) is 0 Å². The van der Waals surface area contributed by atoms with Crippen LogP contribution in [0.15, 0.2) is 24.4 Å². The molecule has 0 bridgehead atoms. The molecule has 3 nitrogen and oxygen atoms in total. The molecule has 1 N–H and O–H groups in total. The van der Waals surface area contributed by atoms with Crippen molar-refractivity contribution in [2.24, 2.45) is 0 Å². The number of rotatable bonds is 7. The van der Waals surface area contributed by atoms with Crippen LogP contribution in [0.25, 0.3) is 0 Å². The highest BCUT2D eigenvalue weighted by molar-refractivity contribution is 7.11. The van der Waals surface area contributed by atoms with Crippen molar-refractivity contribution >= 4 is 11.3 Å². The lowest BCUT2D eigenvalue weighted by molar-refractivity contribution is 0.505. The van der Waals surface area contributed by atoms with E-state index in [0.29, 0.717) is 6.04 Å². The van der Waals surface area contributed by atoms with E-state index in [0.717, 1.165) is 25.9 Å². The van der Waals surface area contributed by atoms with Gasteiger partial charge < -0.3 is 5.32 Å². The van der Waals surface area contributed by atoms with Crippen LogP contribution in [-0.4, -0.2) is 15.8 Å². The number of aryl methyl sites for hydroxylation is 2. The lowest BCUT2D eigenvalue weighted by atomic mass is 10.2. The SMILES string of the molecule is CCCn1nccc1CNC(C)Cc1ccc(C)s1. The van der Waals surface area contributed by atoms with E-state index in [-0.39, 0.29) is 0 Å². The summed E-state index contributed by atoms with van der Waals surface area (Å²) in [5, 5.41) is 7.94. The van der Waals surface area contributed by atoms with Crippen LogP contribution in [0.5, 0.6) is 0 Å². The van der Waals surface area contributed by atoms with Gasteiger partial charge in [-0.1, -0.05) is 6.92 Å². The zero-order valence-electron chi connectivity index (χ0n) is 12.0. The standard InChI is InChI=1S/C15H23N3S/c1-4-9-18-14(7-8-17-18)11-16-12(2)10-15-6-5-13(3)19-15/h5-8,12,16H,4,9-11H2,1-3H3. The zero-order valence-corrected chi connectivity index (χ0v) is 12.8. The number of hydrogen-bond acceptors (Lipinski definition) is 3. The van der Waals surface area contributed by atoms with Crippen LogP contribution in [0.1, 0.15) is 35.7 Å². The molecule has 0 aliphatic rings. The first kappa shape index (κ1) is 14.3. The van der Waals surface area contributed by atoms with Crippen LogP contribution in [0.3, 0.4) is 0 Å². The first-order chi connectivity index (χ1) is 9.19. The van der Waals surface area contributed by atoms with Crippen molar-refractivity contribution in [3.05, 3.63) is 39.8 Å². The van der Waals surface area contributed by atoms with Gasteiger partial charge in [0, 0.05) is 35.1 Å². The van der Waals surface area contributed by atoms with Gasteiger partial charge in [0.25, 0.3) is 0 Å². The van der Waals surface area contributed by atoms with Crippen LogP contribution in [-0.2, 0) is 19.5 Å². The van der Waals surface area contributed by atoms with Crippen LogP contribution >= 0.6 is 11.3 Å². The molecule has 2 rings (SSSR count). The minimum Gasteiger partial charge on any atom is -0.308 e. The van der Waals surface area contributed by atoms with Gasteiger partial charge in [-0.3, -0.25) is 4.68 Å². The van der Waals surface area contributed by atoms with Gasteiger partial charge in [0.1, 0.15) is 0 Å². The Morgan fingerprint density at radius 3 is 2.89 bits per heavy atom. The Bertz CT molecular complexity index is 501. The number of nitrogens with zero attached hydrogens (tertiary/aromatic N) is 2. The van der Waals surface area contributed by atoms with E-state index in [9.17, 15) is 0 Å². The largest absolute Gasteiger partial charge is 0.308 e. The third-order valence-corrected chi connectivity index (χ3v) is 4.20. The third kappa shape index (κ3) is 4.18. The van der Waals surface area contributed by atoms with Crippen molar-refractivity contribution in [2.75, 3.05) is 0 Å². The summed E-state index contributed by atoms with van der Waals surface area (Å²) < 4.78 is 2.09. The normalized spacial score (nSPS) is 12.8. The summed E-state index contributed by atoms with van der Waals surface area (Å²) in [4.78, 5) is 2.85. The molecular formula is C15H23N3S. The molecule has 0 saturated carbocycles. The van der Waals surface area contributed by atoms with E-state index in [1.807, 2.05) is 17.5 Å². The highest BCUT2D eigenvalue weighted by Crippen LogP contribution is 2.16. The number of thiophene rings is 1. The van der Waals surface area contributed by atoms with E-state index < -0.39 is 0 Å². The number of nitrogens with one attached hydrogen (secondary N) is 1. The molecule has 0 aliphatic heterocycles. The summed E-state index contributed by atoms with van der Waals surface area (Å²) in [6, 6.07) is 7.02. The lowest BCUT2D eigenvalue weighted by Crippen LogP contribution is -2.28. The molecule has 0 amide bonds. The first-order valence-corrected chi connectivity index (χ1v) is 7.80. The van der Waals surface area contributed by atoms with Crippen molar-refractivity contribution in [1.29, 1.82) is 0 Å². The van der Waals surface area contributed by atoms with Crippen LogP contribution in [0.4, 0.5) is 0 Å². The quantitative estimate of drug-likeness (QED) is 0.841. The molecule has 2 aromatic rings. The number of aromatic nitrogens is 2. The fourth-order valence-corrected chi connectivity index (χ4v) is 3.19. The van der Waals surface area contributed by atoms with E-state index in [2.05, 4.69) is 54.1 Å². The van der Waals surface area contributed by atoms with E-state index in [1.54, 1.807) is 0 Å². The second-order valence-corrected chi connectivity index (χ2v) is 6.42. The van der Waals surface area contributed by atoms with Crippen LogP contribution in [0.2, 0.25) is 0 Å². The summed E-state index contributed by atoms with van der Waals surface area (Å²) >= 11 is 1.89. The smallest absolute Gasteiger partial charge is 0.0522 e. The number of hydrogen-bond donors (Lipinski definition) is 1. The van der Waals surface area contributed by atoms with Crippen molar-refractivity contribution in [2.45, 2.75) is 52.7 Å². The van der Waals surface area contributed by atoms with Crippen LogP contribution in [0, 0.1) is 6.92 Å². The summed E-state index contributed by atoms with van der Waals surface area (Å²) in [6.45, 7) is 8.49. The average Bonchev–Trinajstić information content (AvgIpc) is 2.97. The maximum atomic E-state index is 4.35. The Labute approximate surface area is 119 Å². The molecule has 1 atom stereocenters. The Kier molecular flexibility index (Phi) is 5.16. The summed E-state index contributed by atoms with van der Waals surface area (Å²) in [6.07, 6.45) is 4.11. The van der Waals surface area contributed by atoms with Crippen molar-refractivity contribution < 1.29 is 0 Å². The molecule has 0 spiro atoms. The Balaban J connectivity index is 1.82. The fraction of sp³-hybridized carbons (Fsp3) is 0.533. The van der Waals surface area contributed by atoms with Gasteiger partial charge in [0.2, 0.25) is 0 Å². The van der Waals surface area contributed by atoms with Gasteiger partial charge in [0.05, 0.1) is 5.69 Å². The molecule has 2 aromatic heterocycles. The van der Waals surface area contributed by atoms with Gasteiger partial charge in [-0.05, 0) is 44.9 Å². The molecule has 0 aliphatic carbocycles. The van der Waals surface area contributed by atoms with E-state index in [1.165, 1.54) is 15.4 Å². The second-order valence-electron chi connectivity index (χ2n) is 5.04. The first-order valence-electron chi connectivity index (χ1n) is 6.98. The molecule has 0 aromatic carbocycles. The Morgan fingerprint density at radius 1 is 1.37 bits per heavy atom. The molecule has 0 saturated heterocycles. The van der Waals surface area contributed by atoms with Gasteiger partial charge in [-0.15, -0.1) is 11.3 Å². The molecule has 0 fully saturated rings. The van der Waals surface area contributed by atoms with Gasteiger partial charge >= 0.3 is 0 Å². The Hall–Kier alpha value is -1.13. The van der Waals surface area contributed by atoms with Crippen molar-refractivity contribution in [3.8, 4) is 0 Å². The monoisotopic (exact) mass is 277 g/mol. The summed E-state index contributed by atoms with van der Waals surface area (Å²) in [5.41, 5.74) is 1.27. The average molecular weight is 277 g/mol. The molecule has 0 radical (unpaired) electrons. The van der Waals surface area contributed by atoms with E-state index >= 15 is 0 Å².